The maximum atomic E-state index is 5.73. The molecule has 3 nitrogen and oxygen atoms in total. The molecule has 0 N–H and O–H groups in total. The summed E-state index contributed by atoms with van der Waals surface area (Å²) in [4.78, 5) is 7.94. The Kier molecular flexibility index (Phi) is 1.51. The predicted octanol–water partition coefficient (Wildman–Crippen LogP) is 1.83. The van der Waals surface area contributed by atoms with Crippen molar-refractivity contribution < 1.29 is 4.74 Å². The first-order valence-corrected chi connectivity index (χ1v) is 3.55. The Bertz CT molecular complexity index is 311. The molecule has 0 spiro atoms. The molecule has 1 aliphatic rings. The number of hydrogen-bond donors (Lipinski definition) is 0. The molecule has 11 heavy (non-hydrogen) atoms. The Morgan fingerprint density at radius 3 is 3.27 bits per heavy atom. The number of halogens is 1. The quantitative estimate of drug-likeness (QED) is 0.554. The lowest BCUT2D eigenvalue weighted by Crippen LogP contribution is -2.03. The van der Waals surface area contributed by atoms with Crippen molar-refractivity contribution in [2.75, 3.05) is 6.61 Å². The normalized spacial score (nSPS) is 13.9. The van der Waals surface area contributed by atoms with Crippen LogP contribution in [0.3, 0.4) is 0 Å². The molecule has 1 aliphatic heterocycles. The van der Waals surface area contributed by atoms with Crippen LogP contribution in [0.2, 0.25) is 5.15 Å². The molecule has 1 aromatic rings. The second-order valence-corrected chi connectivity index (χ2v) is 2.43. The highest BCUT2D eigenvalue weighted by atomic mass is 35.5. The third-order valence-electron chi connectivity index (χ3n) is 1.37. The van der Waals surface area contributed by atoms with Crippen LogP contribution in [-0.4, -0.2) is 17.8 Å². The van der Waals surface area contributed by atoms with E-state index >= 15 is 0 Å². The van der Waals surface area contributed by atoms with Crippen molar-refractivity contribution in [1.82, 2.24) is 4.98 Å². The Morgan fingerprint density at radius 1 is 1.55 bits per heavy atom. The van der Waals surface area contributed by atoms with Crippen molar-refractivity contribution in [3.8, 4) is 5.75 Å². The summed E-state index contributed by atoms with van der Waals surface area (Å²) in [6.07, 6.45) is 3.30. The molecular formula is C7H5ClN2O. The summed E-state index contributed by atoms with van der Waals surface area (Å²) < 4.78 is 5.21. The number of aliphatic imine (C=N–C) groups is 1. The molecule has 0 unspecified atom stereocenters. The fourth-order valence-electron chi connectivity index (χ4n) is 0.905. The average Bonchev–Trinajstić information content (AvgIpc) is 2.06. The van der Waals surface area contributed by atoms with Crippen molar-refractivity contribution in [2.45, 2.75) is 0 Å². The van der Waals surface area contributed by atoms with Gasteiger partial charge >= 0.3 is 0 Å². The van der Waals surface area contributed by atoms with Gasteiger partial charge in [-0.05, 0) is 6.07 Å². The molecule has 0 fully saturated rings. The van der Waals surface area contributed by atoms with E-state index in [1.165, 1.54) is 0 Å². The van der Waals surface area contributed by atoms with Gasteiger partial charge in [-0.25, -0.2) is 4.98 Å². The summed E-state index contributed by atoms with van der Waals surface area (Å²) in [5.41, 5.74) is 0.747. The minimum atomic E-state index is 0.374. The zero-order valence-corrected chi connectivity index (χ0v) is 6.38. The van der Waals surface area contributed by atoms with E-state index in [1.54, 1.807) is 18.5 Å². The van der Waals surface area contributed by atoms with Crippen molar-refractivity contribution in [3.63, 3.8) is 0 Å². The molecule has 4 heteroatoms. The number of ether oxygens (including phenoxy) is 1. The molecular weight excluding hydrogens is 164 g/mol. The lowest BCUT2D eigenvalue weighted by atomic mass is 10.3. The highest BCUT2D eigenvalue weighted by molar-refractivity contribution is 6.31. The Morgan fingerprint density at radius 2 is 2.45 bits per heavy atom. The minimum absolute atomic E-state index is 0.374. The Hall–Kier alpha value is -1.09. The molecule has 0 bridgehead atoms. The standard InChI is InChI=1S/C7H5ClN2O/c8-7-6-5(1-2-10-7)9-3-4-11-6/h1-3H,4H2. The molecule has 0 aromatic carbocycles. The van der Waals surface area contributed by atoms with Gasteiger partial charge in [-0.2, -0.15) is 0 Å². The van der Waals surface area contributed by atoms with Crippen molar-refractivity contribution in [1.29, 1.82) is 0 Å². The van der Waals surface area contributed by atoms with Gasteiger partial charge in [-0.15, -0.1) is 0 Å². The van der Waals surface area contributed by atoms with Crippen LogP contribution < -0.4 is 4.74 Å². The van der Waals surface area contributed by atoms with Gasteiger partial charge in [0.05, 0.1) is 0 Å². The zero-order chi connectivity index (χ0) is 7.68. The second-order valence-electron chi connectivity index (χ2n) is 2.07. The largest absolute Gasteiger partial charge is 0.482 e. The number of nitrogens with zero attached hydrogens (tertiary/aromatic N) is 2. The van der Waals surface area contributed by atoms with Crippen LogP contribution in [0.5, 0.6) is 5.75 Å². The van der Waals surface area contributed by atoms with E-state index in [-0.39, 0.29) is 0 Å². The summed E-state index contributed by atoms with van der Waals surface area (Å²) in [5, 5.41) is 0.374. The fourth-order valence-corrected chi connectivity index (χ4v) is 1.11. The highest BCUT2D eigenvalue weighted by Gasteiger charge is 2.10. The maximum absolute atomic E-state index is 5.73. The molecule has 2 rings (SSSR count). The molecule has 1 aromatic heterocycles. The van der Waals surface area contributed by atoms with Crippen LogP contribution in [0, 0.1) is 0 Å². The fraction of sp³-hybridized carbons (Fsp3) is 0.143. The monoisotopic (exact) mass is 168 g/mol. The Labute approximate surface area is 68.7 Å². The van der Waals surface area contributed by atoms with Crippen LogP contribution in [0.15, 0.2) is 17.3 Å². The van der Waals surface area contributed by atoms with Crippen LogP contribution in [0.4, 0.5) is 5.69 Å². The van der Waals surface area contributed by atoms with Gasteiger partial charge < -0.3 is 4.74 Å². The number of pyridine rings is 1. The summed E-state index contributed by atoms with van der Waals surface area (Å²) in [5.74, 6) is 0.580. The van der Waals surface area contributed by atoms with Gasteiger partial charge in [-0.1, -0.05) is 11.6 Å². The predicted molar refractivity (Wildman–Crippen MR) is 42.9 cm³/mol. The maximum Gasteiger partial charge on any atom is 0.182 e. The first-order valence-electron chi connectivity index (χ1n) is 3.18. The van der Waals surface area contributed by atoms with Crippen LogP contribution in [0.25, 0.3) is 0 Å². The number of rotatable bonds is 0. The smallest absolute Gasteiger partial charge is 0.182 e. The van der Waals surface area contributed by atoms with Gasteiger partial charge in [0.15, 0.2) is 10.9 Å². The topological polar surface area (TPSA) is 34.5 Å². The third kappa shape index (κ3) is 1.07. The summed E-state index contributed by atoms with van der Waals surface area (Å²) in [6.45, 7) is 0.471. The second kappa shape index (κ2) is 2.51. The zero-order valence-electron chi connectivity index (χ0n) is 5.62. The Balaban J connectivity index is 2.60. The molecule has 0 amide bonds. The van der Waals surface area contributed by atoms with Gasteiger partial charge in [-0.3, -0.25) is 4.99 Å². The molecule has 0 aliphatic carbocycles. The first kappa shape index (κ1) is 6.61. The van der Waals surface area contributed by atoms with Crippen LogP contribution in [0.1, 0.15) is 0 Å². The molecule has 0 radical (unpaired) electrons. The summed E-state index contributed by atoms with van der Waals surface area (Å²) in [6, 6.07) is 1.76. The lowest BCUT2D eigenvalue weighted by molar-refractivity contribution is 0.375. The van der Waals surface area contributed by atoms with Crippen molar-refractivity contribution in [2.24, 2.45) is 4.99 Å². The lowest BCUT2D eigenvalue weighted by Gasteiger charge is -2.10. The van der Waals surface area contributed by atoms with Crippen molar-refractivity contribution >= 4 is 23.5 Å². The third-order valence-corrected chi connectivity index (χ3v) is 1.64. The number of hydrogen-bond acceptors (Lipinski definition) is 3. The molecule has 0 saturated carbocycles. The van der Waals surface area contributed by atoms with Gasteiger partial charge in [0.1, 0.15) is 12.3 Å². The molecule has 2 heterocycles. The van der Waals surface area contributed by atoms with Crippen molar-refractivity contribution in [3.05, 3.63) is 17.4 Å². The molecule has 0 atom stereocenters. The van der Waals surface area contributed by atoms with E-state index in [0.29, 0.717) is 17.5 Å². The van der Waals surface area contributed by atoms with E-state index in [2.05, 4.69) is 9.98 Å². The SMILES string of the molecule is Clc1nccc2c1OCC=N2. The van der Waals surface area contributed by atoms with Crippen LogP contribution in [-0.2, 0) is 0 Å². The molecule has 0 saturated heterocycles. The minimum Gasteiger partial charge on any atom is -0.482 e. The molecule has 56 valence electrons. The summed E-state index contributed by atoms with van der Waals surface area (Å²) in [7, 11) is 0. The van der Waals surface area contributed by atoms with E-state index in [9.17, 15) is 0 Å². The van der Waals surface area contributed by atoms with Crippen LogP contribution >= 0.6 is 11.6 Å². The van der Waals surface area contributed by atoms with E-state index < -0.39 is 0 Å². The van der Waals surface area contributed by atoms with E-state index in [4.69, 9.17) is 16.3 Å². The number of aromatic nitrogens is 1. The first-order chi connectivity index (χ1) is 5.38. The van der Waals surface area contributed by atoms with Gasteiger partial charge in [0.25, 0.3) is 0 Å². The van der Waals surface area contributed by atoms with E-state index in [0.717, 1.165) is 5.69 Å². The van der Waals surface area contributed by atoms with Gasteiger partial charge in [0.2, 0.25) is 0 Å². The average molecular weight is 169 g/mol. The van der Waals surface area contributed by atoms with E-state index in [1.807, 2.05) is 0 Å². The highest BCUT2D eigenvalue weighted by Crippen LogP contribution is 2.34. The summed E-state index contributed by atoms with van der Waals surface area (Å²) >= 11 is 5.73. The number of fused-ring (bicyclic) bond motifs is 1. The van der Waals surface area contributed by atoms with Gasteiger partial charge in [0, 0.05) is 12.4 Å².